The maximum absolute atomic E-state index is 11.9. The summed E-state index contributed by atoms with van der Waals surface area (Å²) < 4.78 is 1.68. The standard InChI is InChI=1S/C13H22N4O/c1-9-6-4-5-7-11(9)14-13(18)15-12-8-10(2)16-17(12)3/h8-9,11H,4-7H2,1-3H3,(H2,14,15,18). The number of aryl methyl sites for hydroxylation is 2. The zero-order valence-corrected chi connectivity index (χ0v) is 11.4. The highest BCUT2D eigenvalue weighted by Crippen LogP contribution is 2.23. The summed E-state index contributed by atoms with van der Waals surface area (Å²) in [7, 11) is 1.83. The van der Waals surface area contributed by atoms with Gasteiger partial charge >= 0.3 is 6.03 Å². The highest BCUT2D eigenvalue weighted by Gasteiger charge is 2.22. The van der Waals surface area contributed by atoms with Crippen LogP contribution in [-0.2, 0) is 7.05 Å². The highest BCUT2D eigenvalue weighted by atomic mass is 16.2. The number of hydrogen-bond acceptors (Lipinski definition) is 2. The van der Waals surface area contributed by atoms with Gasteiger partial charge in [0.25, 0.3) is 0 Å². The number of hydrogen-bond donors (Lipinski definition) is 2. The molecule has 0 saturated heterocycles. The van der Waals surface area contributed by atoms with E-state index in [9.17, 15) is 4.79 Å². The van der Waals surface area contributed by atoms with E-state index in [4.69, 9.17) is 0 Å². The molecule has 5 nitrogen and oxygen atoms in total. The number of anilines is 1. The van der Waals surface area contributed by atoms with Gasteiger partial charge in [0.05, 0.1) is 5.69 Å². The zero-order chi connectivity index (χ0) is 13.1. The Hall–Kier alpha value is -1.52. The van der Waals surface area contributed by atoms with Crippen LogP contribution in [0, 0.1) is 12.8 Å². The van der Waals surface area contributed by atoms with Gasteiger partial charge in [-0.05, 0) is 25.7 Å². The molecule has 1 saturated carbocycles. The van der Waals surface area contributed by atoms with E-state index in [1.54, 1.807) is 4.68 Å². The van der Waals surface area contributed by atoms with Crippen molar-refractivity contribution in [2.24, 2.45) is 13.0 Å². The molecular formula is C13H22N4O. The van der Waals surface area contributed by atoms with Gasteiger partial charge in [-0.25, -0.2) is 4.79 Å². The fourth-order valence-electron chi connectivity index (χ4n) is 2.58. The molecule has 1 aromatic rings. The third-order valence-corrected chi connectivity index (χ3v) is 3.67. The normalized spacial score (nSPS) is 23.7. The number of aromatic nitrogens is 2. The predicted molar refractivity (Wildman–Crippen MR) is 71.5 cm³/mol. The van der Waals surface area contributed by atoms with Gasteiger partial charge in [-0.3, -0.25) is 10.00 Å². The lowest BCUT2D eigenvalue weighted by Crippen LogP contribution is -2.43. The molecule has 0 bridgehead atoms. The summed E-state index contributed by atoms with van der Waals surface area (Å²) in [5, 5.41) is 10.1. The quantitative estimate of drug-likeness (QED) is 0.847. The van der Waals surface area contributed by atoms with Crippen LogP contribution >= 0.6 is 0 Å². The van der Waals surface area contributed by atoms with Gasteiger partial charge in [0.15, 0.2) is 0 Å². The number of nitrogens with one attached hydrogen (secondary N) is 2. The zero-order valence-electron chi connectivity index (χ0n) is 11.4. The van der Waals surface area contributed by atoms with Crippen molar-refractivity contribution in [3.8, 4) is 0 Å². The number of carbonyl (C=O) groups excluding carboxylic acids is 1. The highest BCUT2D eigenvalue weighted by molar-refractivity contribution is 5.88. The van der Waals surface area contributed by atoms with Crippen LogP contribution in [0.5, 0.6) is 0 Å². The van der Waals surface area contributed by atoms with Gasteiger partial charge in [0.1, 0.15) is 5.82 Å². The van der Waals surface area contributed by atoms with Crippen molar-refractivity contribution in [1.29, 1.82) is 0 Å². The number of rotatable bonds is 2. The summed E-state index contributed by atoms with van der Waals surface area (Å²) in [5.74, 6) is 1.30. The first-order valence-electron chi connectivity index (χ1n) is 6.64. The second-order valence-corrected chi connectivity index (χ2v) is 5.26. The van der Waals surface area contributed by atoms with Gasteiger partial charge in [0, 0.05) is 19.2 Å². The lowest BCUT2D eigenvalue weighted by atomic mass is 9.86. The SMILES string of the molecule is Cc1cc(NC(=O)NC2CCCCC2C)n(C)n1. The molecule has 18 heavy (non-hydrogen) atoms. The summed E-state index contributed by atoms with van der Waals surface area (Å²) in [6.07, 6.45) is 4.77. The fourth-order valence-corrected chi connectivity index (χ4v) is 2.58. The first-order valence-corrected chi connectivity index (χ1v) is 6.64. The summed E-state index contributed by atoms with van der Waals surface area (Å²) >= 11 is 0. The Morgan fingerprint density at radius 2 is 2.17 bits per heavy atom. The third-order valence-electron chi connectivity index (χ3n) is 3.67. The summed E-state index contributed by atoms with van der Waals surface area (Å²) in [6, 6.07) is 2.04. The Kier molecular flexibility index (Phi) is 3.89. The molecular weight excluding hydrogens is 228 g/mol. The monoisotopic (exact) mass is 250 g/mol. The topological polar surface area (TPSA) is 59.0 Å². The molecule has 0 radical (unpaired) electrons. The second-order valence-electron chi connectivity index (χ2n) is 5.26. The molecule has 0 spiro atoms. The lowest BCUT2D eigenvalue weighted by molar-refractivity contribution is 0.232. The van der Waals surface area contributed by atoms with Crippen LogP contribution in [0.1, 0.15) is 38.3 Å². The third kappa shape index (κ3) is 3.03. The predicted octanol–water partition coefficient (Wildman–Crippen LogP) is 2.43. The van der Waals surface area contributed by atoms with Gasteiger partial charge in [-0.1, -0.05) is 19.8 Å². The molecule has 1 aliphatic rings. The number of amides is 2. The summed E-state index contributed by atoms with van der Waals surface area (Å²) in [6.45, 7) is 4.12. The van der Waals surface area contributed by atoms with E-state index in [-0.39, 0.29) is 6.03 Å². The average Bonchev–Trinajstić information content (AvgIpc) is 2.61. The van der Waals surface area contributed by atoms with E-state index in [1.807, 2.05) is 20.0 Å². The van der Waals surface area contributed by atoms with E-state index in [0.717, 1.165) is 17.9 Å². The van der Waals surface area contributed by atoms with Crippen LogP contribution in [0.3, 0.4) is 0 Å². The molecule has 2 N–H and O–H groups in total. The second kappa shape index (κ2) is 5.42. The molecule has 1 aliphatic carbocycles. The van der Waals surface area contributed by atoms with Crippen molar-refractivity contribution < 1.29 is 4.79 Å². The molecule has 2 atom stereocenters. The van der Waals surface area contributed by atoms with Crippen molar-refractivity contribution in [3.05, 3.63) is 11.8 Å². The Bertz CT molecular complexity index is 427. The van der Waals surface area contributed by atoms with Crippen molar-refractivity contribution in [3.63, 3.8) is 0 Å². The maximum Gasteiger partial charge on any atom is 0.320 e. The molecule has 0 aliphatic heterocycles. The van der Waals surface area contributed by atoms with Crippen LogP contribution in [0.15, 0.2) is 6.07 Å². The minimum Gasteiger partial charge on any atom is -0.335 e. The Morgan fingerprint density at radius 3 is 2.78 bits per heavy atom. The number of nitrogens with zero attached hydrogens (tertiary/aromatic N) is 2. The summed E-state index contributed by atoms with van der Waals surface area (Å²) in [4.78, 5) is 11.9. The van der Waals surface area contributed by atoms with Crippen molar-refractivity contribution >= 4 is 11.8 Å². The molecule has 2 rings (SSSR count). The molecule has 1 fully saturated rings. The smallest absolute Gasteiger partial charge is 0.320 e. The van der Waals surface area contributed by atoms with Gasteiger partial charge in [0.2, 0.25) is 0 Å². The molecule has 1 aromatic heterocycles. The van der Waals surface area contributed by atoms with E-state index < -0.39 is 0 Å². The first kappa shape index (κ1) is 12.9. The van der Waals surface area contributed by atoms with E-state index in [1.165, 1.54) is 19.3 Å². The van der Waals surface area contributed by atoms with Crippen LogP contribution in [0.4, 0.5) is 10.6 Å². The Balaban J connectivity index is 1.90. The molecule has 100 valence electrons. The van der Waals surface area contributed by atoms with Crippen molar-refractivity contribution in [2.75, 3.05) is 5.32 Å². The molecule has 0 aromatic carbocycles. The largest absolute Gasteiger partial charge is 0.335 e. The van der Waals surface area contributed by atoms with E-state index >= 15 is 0 Å². The van der Waals surface area contributed by atoms with Crippen LogP contribution in [0.25, 0.3) is 0 Å². The fraction of sp³-hybridized carbons (Fsp3) is 0.692. The number of carbonyl (C=O) groups is 1. The lowest BCUT2D eigenvalue weighted by Gasteiger charge is -2.29. The Morgan fingerprint density at radius 1 is 1.44 bits per heavy atom. The maximum atomic E-state index is 11.9. The minimum absolute atomic E-state index is 0.128. The number of urea groups is 1. The molecule has 2 unspecified atom stereocenters. The molecule has 1 heterocycles. The molecule has 5 heteroatoms. The molecule has 2 amide bonds. The minimum atomic E-state index is -0.128. The van der Waals surface area contributed by atoms with Crippen LogP contribution < -0.4 is 10.6 Å². The Labute approximate surface area is 108 Å². The van der Waals surface area contributed by atoms with Gasteiger partial charge < -0.3 is 5.32 Å². The van der Waals surface area contributed by atoms with Crippen molar-refractivity contribution in [2.45, 2.75) is 45.6 Å². The van der Waals surface area contributed by atoms with Gasteiger partial charge in [-0.2, -0.15) is 5.10 Å². The van der Waals surface area contributed by atoms with E-state index in [2.05, 4.69) is 22.7 Å². The van der Waals surface area contributed by atoms with Gasteiger partial charge in [-0.15, -0.1) is 0 Å². The van der Waals surface area contributed by atoms with Crippen LogP contribution in [0.2, 0.25) is 0 Å². The first-order chi connectivity index (χ1) is 8.56. The van der Waals surface area contributed by atoms with Crippen molar-refractivity contribution in [1.82, 2.24) is 15.1 Å². The van der Waals surface area contributed by atoms with Crippen LogP contribution in [-0.4, -0.2) is 21.9 Å². The summed E-state index contributed by atoms with van der Waals surface area (Å²) in [5.41, 5.74) is 0.902. The van der Waals surface area contributed by atoms with E-state index in [0.29, 0.717) is 12.0 Å². The average molecular weight is 250 g/mol.